The van der Waals surface area contributed by atoms with Crippen LogP contribution >= 0.6 is 0 Å². The van der Waals surface area contributed by atoms with Crippen molar-refractivity contribution in [1.82, 2.24) is 0 Å². The molecule has 16 heavy (non-hydrogen) atoms. The fraction of sp³-hybridized carbons (Fsp3) is 0.385. The van der Waals surface area contributed by atoms with Gasteiger partial charge in [0.05, 0.1) is 6.07 Å². The van der Waals surface area contributed by atoms with Crippen molar-refractivity contribution in [2.24, 2.45) is 0 Å². The highest BCUT2D eigenvalue weighted by Gasteiger charge is 2.21. The summed E-state index contributed by atoms with van der Waals surface area (Å²) in [6.07, 6.45) is 2.02. The first-order valence-corrected chi connectivity index (χ1v) is 5.57. The molecule has 2 rings (SSSR count). The van der Waals surface area contributed by atoms with Gasteiger partial charge in [0.15, 0.2) is 5.78 Å². The fourth-order valence-corrected chi connectivity index (χ4v) is 2.06. The molecule has 82 valence electrons. The molecule has 1 aliphatic heterocycles. The van der Waals surface area contributed by atoms with Crippen molar-refractivity contribution in [3.8, 4) is 6.07 Å². The van der Waals surface area contributed by atoms with Crippen molar-refractivity contribution < 1.29 is 4.79 Å². The zero-order chi connectivity index (χ0) is 11.4. The highest BCUT2D eigenvalue weighted by molar-refractivity contribution is 6.03. The summed E-state index contributed by atoms with van der Waals surface area (Å²) in [7, 11) is 0. The van der Waals surface area contributed by atoms with Gasteiger partial charge in [-0.15, -0.1) is 0 Å². The van der Waals surface area contributed by atoms with Gasteiger partial charge >= 0.3 is 0 Å². The van der Waals surface area contributed by atoms with Gasteiger partial charge in [-0.2, -0.15) is 5.26 Å². The first kappa shape index (κ1) is 10.7. The van der Waals surface area contributed by atoms with Crippen LogP contribution in [0.4, 0.5) is 5.69 Å². The molecule has 3 nitrogen and oxygen atoms in total. The van der Waals surface area contributed by atoms with E-state index in [0.717, 1.165) is 30.8 Å². The van der Waals surface area contributed by atoms with Crippen molar-refractivity contribution in [3.63, 3.8) is 0 Å². The number of para-hydroxylation sites is 1. The lowest BCUT2D eigenvalue weighted by molar-refractivity contribution is 0.0980. The first-order chi connectivity index (χ1) is 7.83. The van der Waals surface area contributed by atoms with E-state index in [4.69, 9.17) is 5.26 Å². The van der Waals surface area contributed by atoms with Crippen LogP contribution in [0, 0.1) is 11.3 Å². The molecule has 0 spiro atoms. The fourth-order valence-electron chi connectivity index (χ4n) is 2.06. The topological polar surface area (TPSA) is 44.1 Å². The van der Waals surface area contributed by atoms with Gasteiger partial charge in [0.1, 0.15) is 0 Å². The molecule has 0 unspecified atom stereocenters. The molecular weight excluding hydrogens is 200 g/mol. The Labute approximate surface area is 95.3 Å². The van der Waals surface area contributed by atoms with E-state index in [-0.39, 0.29) is 5.78 Å². The number of unbranched alkanes of at least 4 members (excludes halogenated alkanes) is 1. The molecule has 0 saturated carbocycles. The number of benzene rings is 1. The van der Waals surface area contributed by atoms with Crippen molar-refractivity contribution in [2.45, 2.75) is 19.3 Å². The third kappa shape index (κ3) is 2.06. The molecule has 0 atom stereocenters. The van der Waals surface area contributed by atoms with E-state index < -0.39 is 0 Å². The number of hydrogen-bond donors (Lipinski definition) is 0. The predicted molar refractivity (Wildman–Crippen MR) is 62.4 cm³/mol. The minimum atomic E-state index is 0.229. The molecule has 0 amide bonds. The first-order valence-electron chi connectivity index (χ1n) is 5.57. The summed E-state index contributed by atoms with van der Waals surface area (Å²) in [5.74, 6) is 0.229. The molecule has 0 aliphatic carbocycles. The number of fused-ring (bicyclic) bond motifs is 1. The number of nitriles is 1. The van der Waals surface area contributed by atoms with Crippen LogP contribution in [0.25, 0.3) is 0 Å². The van der Waals surface area contributed by atoms with Crippen LogP contribution < -0.4 is 4.90 Å². The monoisotopic (exact) mass is 214 g/mol. The van der Waals surface area contributed by atoms with Crippen LogP contribution in [0.5, 0.6) is 0 Å². The average molecular weight is 214 g/mol. The molecule has 3 heteroatoms. The van der Waals surface area contributed by atoms with E-state index in [1.54, 1.807) is 0 Å². The molecule has 1 aliphatic rings. The SMILES string of the molecule is N#CCCCN1CCC(=O)c2ccccc21. The lowest BCUT2D eigenvalue weighted by Gasteiger charge is -2.30. The molecule has 0 saturated heterocycles. The van der Waals surface area contributed by atoms with Crippen LogP contribution in [0.1, 0.15) is 29.6 Å². The van der Waals surface area contributed by atoms with Gasteiger partial charge in [0, 0.05) is 37.2 Å². The Hall–Kier alpha value is -1.82. The number of rotatable bonds is 3. The largest absolute Gasteiger partial charge is 0.370 e. The standard InChI is InChI=1S/C13H14N2O/c14-8-3-4-9-15-10-7-13(16)11-5-1-2-6-12(11)15/h1-2,5-6H,3-4,7,9-10H2. The van der Waals surface area contributed by atoms with E-state index in [1.807, 2.05) is 24.3 Å². The maximum atomic E-state index is 11.7. The second-order valence-corrected chi connectivity index (χ2v) is 3.94. The normalized spacial score (nSPS) is 14.4. The second kappa shape index (κ2) is 4.80. The molecule has 0 fully saturated rings. The summed E-state index contributed by atoms with van der Waals surface area (Å²) in [6.45, 7) is 1.64. The van der Waals surface area contributed by atoms with E-state index >= 15 is 0 Å². The summed E-state index contributed by atoms with van der Waals surface area (Å²) in [4.78, 5) is 13.9. The van der Waals surface area contributed by atoms with E-state index in [2.05, 4.69) is 11.0 Å². The van der Waals surface area contributed by atoms with E-state index in [1.165, 1.54) is 0 Å². The summed E-state index contributed by atoms with van der Waals surface area (Å²) >= 11 is 0. The smallest absolute Gasteiger partial charge is 0.166 e. The van der Waals surface area contributed by atoms with Gasteiger partial charge in [0.25, 0.3) is 0 Å². The molecule has 1 aromatic rings. The van der Waals surface area contributed by atoms with Gasteiger partial charge in [-0.05, 0) is 18.6 Å². The van der Waals surface area contributed by atoms with Crippen molar-refractivity contribution in [3.05, 3.63) is 29.8 Å². The Balaban J connectivity index is 2.15. The third-order valence-corrected chi connectivity index (χ3v) is 2.87. The maximum Gasteiger partial charge on any atom is 0.166 e. The van der Waals surface area contributed by atoms with E-state index in [0.29, 0.717) is 12.8 Å². The summed E-state index contributed by atoms with van der Waals surface area (Å²) < 4.78 is 0. The van der Waals surface area contributed by atoms with Crippen LogP contribution in [0.2, 0.25) is 0 Å². The average Bonchev–Trinajstić information content (AvgIpc) is 2.33. The molecule has 1 heterocycles. The molecule has 0 radical (unpaired) electrons. The molecule has 0 N–H and O–H groups in total. The lowest BCUT2D eigenvalue weighted by atomic mass is 10.0. The quantitative estimate of drug-likeness (QED) is 0.725. The van der Waals surface area contributed by atoms with Gasteiger partial charge in [-0.3, -0.25) is 4.79 Å². The maximum absolute atomic E-state index is 11.7. The molecule has 0 aromatic heterocycles. The van der Waals surface area contributed by atoms with Gasteiger partial charge in [0.2, 0.25) is 0 Å². The Kier molecular flexibility index (Phi) is 3.21. The van der Waals surface area contributed by atoms with E-state index in [9.17, 15) is 4.79 Å². The number of Topliss-reactive ketones (excluding diaryl/α,β-unsaturated/α-hetero) is 1. The Morgan fingerprint density at radius 2 is 2.19 bits per heavy atom. The minimum Gasteiger partial charge on any atom is -0.370 e. The third-order valence-electron chi connectivity index (χ3n) is 2.87. The molecular formula is C13H14N2O. The van der Waals surface area contributed by atoms with Gasteiger partial charge in [-0.25, -0.2) is 0 Å². The van der Waals surface area contributed by atoms with Crippen molar-refractivity contribution in [2.75, 3.05) is 18.0 Å². The molecule has 0 bridgehead atoms. The van der Waals surface area contributed by atoms with Crippen molar-refractivity contribution in [1.29, 1.82) is 5.26 Å². The van der Waals surface area contributed by atoms with Crippen LogP contribution in [0.3, 0.4) is 0 Å². The summed E-state index contributed by atoms with van der Waals surface area (Å²) in [6, 6.07) is 9.87. The number of ketones is 1. The number of nitrogens with zero attached hydrogens (tertiary/aromatic N) is 2. The predicted octanol–water partition coefficient (Wildman–Crippen LogP) is 2.38. The highest BCUT2D eigenvalue weighted by atomic mass is 16.1. The van der Waals surface area contributed by atoms with Crippen LogP contribution in [-0.2, 0) is 0 Å². The molecule has 1 aromatic carbocycles. The Bertz CT molecular complexity index is 434. The minimum absolute atomic E-state index is 0.229. The zero-order valence-electron chi connectivity index (χ0n) is 9.15. The number of carbonyl (C=O) groups excluding carboxylic acids is 1. The van der Waals surface area contributed by atoms with Crippen LogP contribution in [0.15, 0.2) is 24.3 Å². The Morgan fingerprint density at radius 1 is 1.38 bits per heavy atom. The lowest BCUT2D eigenvalue weighted by Crippen LogP contribution is -2.32. The zero-order valence-corrected chi connectivity index (χ0v) is 9.15. The van der Waals surface area contributed by atoms with Gasteiger partial charge < -0.3 is 4.90 Å². The number of hydrogen-bond acceptors (Lipinski definition) is 3. The number of carbonyl (C=O) groups is 1. The Morgan fingerprint density at radius 3 is 3.00 bits per heavy atom. The summed E-state index contributed by atoms with van der Waals surface area (Å²) in [5.41, 5.74) is 1.85. The van der Waals surface area contributed by atoms with Crippen LogP contribution in [-0.4, -0.2) is 18.9 Å². The van der Waals surface area contributed by atoms with Crippen molar-refractivity contribution >= 4 is 11.5 Å². The summed E-state index contributed by atoms with van der Waals surface area (Å²) in [5, 5.41) is 8.51. The van der Waals surface area contributed by atoms with Gasteiger partial charge in [-0.1, -0.05) is 12.1 Å². The highest BCUT2D eigenvalue weighted by Crippen LogP contribution is 2.26. The second-order valence-electron chi connectivity index (χ2n) is 3.94. The number of anilines is 1.